The second-order valence-corrected chi connectivity index (χ2v) is 2.50. The molecule has 0 aromatic rings. The average molecular weight is 188 g/mol. The van der Waals surface area contributed by atoms with E-state index >= 15 is 0 Å². The van der Waals surface area contributed by atoms with Gasteiger partial charge in [0.15, 0.2) is 0 Å². The molecule has 6 nitrogen and oxygen atoms in total. The van der Waals surface area contributed by atoms with Crippen LogP contribution in [0.4, 0.5) is 0 Å². The summed E-state index contributed by atoms with van der Waals surface area (Å²) in [5.74, 6) is -2.55. The monoisotopic (exact) mass is 188 g/mol. The number of carboxylic acids is 1. The van der Waals surface area contributed by atoms with Crippen LogP contribution in [0.25, 0.3) is 0 Å². The summed E-state index contributed by atoms with van der Waals surface area (Å²) in [6.45, 7) is 1.99. The Morgan fingerprint density at radius 1 is 1.46 bits per heavy atom. The minimum absolute atomic E-state index is 0.378. The topological polar surface area (TPSA) is 101 Å². The molecule has 0 aliphatic carbocycles. The maximum Gasteiger partial charge on any atom is 0.326 e. The van der Waals surface area contributed by atoms with Gasteiger partial charge in [0.2, 0.25) is 11.8 Å². The van der Waals surface area contributed by atoms with E-state index in [4.69, 9.17) is 10.8 Å². The highest BCUT2D eigenvalue weighted by Gasteiger charge is 2.27. The van der Waals surface area contributed by atoms with Crippen molar-refractivity contribution in [2.75, 3.05) is 6.54 Å². The summed E-state index contributed by atoms with van der Waals surface area (Å²) < 4.78 is 0. The summed E-state index contributed by atoms with van der Waals surface area (Å²) in [6, 6.07) is -1.17. The third-order valence-corrected chi connectivity index (χ3v) is 1.53. The number of aliphatic carboxylic acids is 1. The third-order valence-electron chi connectivity index (χ3n) is 1.53. The molecule has 6 heteroatoms. The van der Waals surface area contributed by atoms with E-state index in [9.17, 15) is 14.4 Å². The predicted octanol–water partition coefficient (Wildman–Crippen LogP) is -1.21. The van der Waals surface area contributed by atoms with Crippen LogP contribution in [-0.4, -0.2) is 40.4 Å². The molecule has 0 radical (unpaired) electrons. The summed E-state index contributed by atoms with van der Waals surface area (Å²) >= 11 is 0. The van der Waals surface area contributed by atoms with Gasteiger partial charge < -0.3 is 10.8 Å². The average Bonchev–Trinajstić information content (AvgIpc) is 2.03. The number of carbonyl (C=O) groups is 3. The van der Waals surface area contributed by atoms with Crippen LogP contribution >= 0.6 is 0 Å². The van der Waals surface area contributed by atoms with Gasteiger partial charge in [0.05, 0.1) is 6.54 Å². The molecule has 0 fully saturated rings. The lowest BCUT2D eigenvalue weighted by Crippen LogP contribution is -2.48. The number of carbonyl (C=O) groups excluding carboxylic acids is 2. The molecular formula is C7H12N2O4. The van der Waals surface area contributed by atoms with E-state index < -0.39 is 23.8 Å². The fourth-order valence-electron chi connectivity index (χ4n) is 0.873. The molecule has 1 atom stereocenters. The second kappa shape index (κ2) is 4.56. The largest absolute Gasteiger partial charge is 0.480 e. The number of nitrogens with zero attached hydrogens (tertiary/aromatic N) is 1. The van der Waals surface area contributed by atoms with E-state index in [0.29, 0.717) is 4.90 Å². The number of imide groups is 1. The van der Waals surface area contributed by atoms with Crippen LogP contribution in [0.3, 0.4) is 0 Å². The first-order valence-corrected chi connectivity index (χ1v) is 3.67. The van der Waals surface area contributed by atoms with E-state index in [1.807, 2.05) is 0 Å². The zero-order chi connectivity index (χ0) is 10.6. The van der Waals surface area contributed by atoms with Crippen molar-refractivity contribution in [3.8, 4) is 0 Å². The Kier molecular flexibility index (Phi) is 4.06. The van der Waals surface area contributed by atoms with E-state index in [0.717, 1.165) is 6.92 Å². The molecule has 0 bridgehead atoms. The van der Waals surface area contributed by atoms with Crippen molar-refractivity contribution in [3.63, 3.8) is 0 Å². The zero-order valence-corrected chi connectivity index (χ0v) is 7.48. The maximum absolute atomic E-state index is 11.0. The molecule has 3 N–H and O–H groups in total. The lowest BCUT2D eigenvalue weighted by atomic mass is 10.2. The summed E-state index contributed by atoms with van der Waals surface area (Å²) in [5, 5.41) is 8.56. The standard InChI is InChI=1S/C7H12N2O4/c1-4(7(12)13)9(5(2)10)6(11)3-8/h4H,3,8H2,1-2H3,(H,12,13). The molecule has 0 aromatic carbocycles. The van der Waals surface area contributed by atoms with E-state index in [-0.39, 0.29) is 6.54 Å². The van der Waals surface area contributed by atoms with E-state index in [1.165, 1.54) is 6.92 Å². The van der Waals surface area contributed by atoms with Gasteiger partial charge in [0, 0.05) is 6.92 Å². The van der Waals surface area contributed by atoms with Crippen molar-refractivity contribution >= 4 is 17.8 Å². The smallest absolute Gasteiger partial charge is 0.326 e. The van der Waals surface area contributed by atoms with Crippen LogP contribution < -0.4 is 5.73 Å². The molecule has 0 aliphatic rings. The van der Waals surface area contributed by atoms with Crippen LogP contribution in [0.5, 0.6) is 0 Å². The number of nitrogens with two attached hydrogens (primary N) is 1. The number of hydrogen-bond donors (Lipinski definition) is 2. The van der Waals surface area contributed by atoms with Crippen LogP contribution in [0.15, 0.2) is 0 Å². The molecular weight excluding hydrogens is 176 g/mol. The van der Waals surface area contributed by atoms with Crippen LogP contribution in [0.1, 0.15) is 13.8 Å². The molecule has 0 aliphatic heterocycles. The molecule has 0 aromatic heterocycles. The van der Waals surface area contributed by atoms with Crippen molar-refractivity contribution in [1.82, 2.24) is 4.90 Å². The van der Waals surface area contributed by atoms with E-state index in [2.05, 4.69) is 0 Å². The Hall–Kier alpha value is -1.43. The van der Waals surface area contributed by atoms with Gasteiger partial charge in [-0.05, 0) is 6.92 Å². The van der Waals surface area contributed by atoms with Gasteiger partial charge in [-0.25, -0.2) is 4.79 Å². The van der Waals surface area contributed by atoms with Crippen molar-refractivity contribution < 1.29 is 19.5 Å². The van der Waals surface area contributed by atoms with Gasteiger partial charge in [0.1, 0.15) is 6.04 Å². The number of carboxylic acid groups (broad SMARTS) is 1. The Balaban J connectivity index is 4.71. The number of amides is 2. The van der Waals surface area contributed by atoms with Crippen molar-refractivity contribution in [2.24, 2.45) is 5.73 Å². The lowest BCUT2D eigenvalue weighted by Gasteiger charge is -2.22. The minimum atomic E-state index is -1.24. The fourth-order valence-corrected chi connectivity index (χ4v) is 0.873. The normalized spacial score (nSPS) is 11.9. The molecule has 13 heavy (non-hydrogen) atoms. The van der Waals surface area contributed by atoms with Crippen molar-refractivity contribution in [1.29, 1.82) is 0 Å². The van der Waals surface area contributed by atoms with Crippen LogP contribution in [0.2, 0.25) is 0 Å². The summed E-state index contributed by atoms with van der Waals surface area (Å²) in [5.41, 5.74) is 5.01. The Labute approximate surface area is 75.3 Å². The molecule has 74 valence electrons. The first-order valence-electron chi connectivity index (χ1n) is 3.67. The molecule has 2 amide bonds. The van der Waals surface area contributed by atoms with Gasteiger partial charge in [-0.2, -0.15) is 0 Å². The Morgan fingerprint density at radius 2 is 1.92 bits per heavy atom. The number of rotatable bonds is 3. The number of hydrogen-bond acceptors (Lipinski definition) is 4. The summed E-state index contributed by atoms with van der Waals surface area (Å²) in [4.78, 5) is 33.0. The van der Waals surface area contributed by atoms with Crippen LogP contribution in [0, 0.1) is 0 Å². The highest BCUT2D eigenvalue weighted by Crippen LogP contribution is 2.00. The SMILES string of the molecule is CC(=O)N(C(=O)CN)C(C)C(=O)O. The molecule has 0 saturated carbocycles. The second-order valence-electron chi connectivity index (χ2n) is 2.50. The predicted molar refractivity (Wildman–Crippen MR) is 43.7 cm³/mol. The quantitative estimate of drug-likeness (QED) is 0.579. The van der Waals surface area contributed by atoms with Gasteiger partial charge in [-0.15, -0.1) is 0 Å². The van der Waals surface area contributed by atoms with Crippen LogP contribution in [-0.2, 0) is 14.4 Å². The Morgan fingerprint density at radius 3 is 2.15 bits per heavy atom. The van der Waals surface area contributed by atoms with Gasteiger partial charge >= 0.3 is 5.97 Å². The van der Waals surface area contributed by atoms with Crippen molar-refractivity contribution in [3.05, 3.63) is 0 Å². The highest BCUT2D eigenvalue weighted by atomic mass is 16.4. The first-order chi connectivity index (χ1) is 5.91. The third kappa shape index (κ3) is 2.83. The van der Waals surface area contributed by atoms with Gasteiger partial charge in [-0.3, -0.25) is 14.5 Å². The first kappa shape index (κ1) is 11.6. The highest BCUT2D eigenvalue weighted by molar-refractivity contribution is 5.98. The molecule has 0 spiro atoms. The molecule has 0 heterocycles. The van der Waals surface area contributed by atoms with Crippen molar-refractivity contribution in [2.45, 2.75) is 19.9 Å². The molecule has 0 rings (SSSR count). The molecule has 1 unspecified atom stereocenters. The van der Waals surface area contributed by atoms with Gasteiger partial charge in [0.25, 0.3) is 0 Å². The van der Waals surface area contributed by atoms with E-state index in [1.54, 1.807) is 0 Å². The van der Waals surface area contributed by atoms with Gasteiger partial charge in [-0.1, -0.05) is 0 Å². The Bertz CT molecular complexity index is 239. The molecule has 0 saturated heterocycles. The fraction of sp³-hybridized carbons (Fsp3) is 0.571. The summed E-state index contributed by atoms with van der Waals surface area (Å²) in [7, 11) is 0. The maximum atomic E-state index is 11.0. The zero-order valence-electron chi connectivity index (χ0n) is 7.48. The summed E-state index contributed by atoms with van der Waals surface area (Å²) in [6.07, 6.45) is 0. The minimum Gasteiger partial charge on any atom is -0.480 e. The lowest BCUT2D eigenvalue weighted by molar-refractivity contribution is -0.155.